The predicted molar refractivity (Wildman–Crippen MR) is 77.0 cm³/mol. The van der Waals surface area contributed by atoms with E-state index in [1.807, 2.05) is 0 Å². The van der Waals surface area contributed by atoms with Crippen LogP contribution >= 0.6 is 0 Å². The fourth-order valence-corrected chi connectivity index (χ4v) is 2.36. The molecule has 0 spiro atoms. The zero-order valence-electron chi connectivity index (χ0n) is 11.5. The van der Waals surface area contributed by atoms with Gasteiger partial charge in [0.05, 0.1) is 22.3 Å². The molecule has 6 heteroatoms. The Kier molecular flexibility index (Phi) is 2.86. The van der Waals surface area contributed by atoms with Crippen LogP contribution < -0.4 is 0 Å². The van der Waals surface area contributed by atoms with Crippen LogP contribution in [-0.2, 0) is 0 Å². The molecule has 1 aromatic carbocycles. The molecule has 6 nitrogen and oxygen atoms in total. The molecular weight excluding hydrogens is 270 g/mol. The van der Waals surface area contributed by atoms with Crippen LogP contribution in [0.15, 0.2) is 30.3 Å². The summed E-state index contributed by atoms with van der Waals surface area (Å²) >= 11 is 0. The molecule has 3 rings (SSSR count). The lowest BCUT2D eigenvalue weighted by Gasteiger charge is -2.04. The molecule has 0 aliphatic heterocycles. The molecule has 2 N–H and O–H groups in total. The van der Waals surface area contributed by atoms with Gasteiger partial charge >= 0.3 is 5.97 Å². The number of phenols is 1. The Labute approximate surface area is 120 Å². The lowest BCUT2D eigenvalue weighted by Crippen LogP contribution is -2.02. The molecule has 0 unspecified atom stereocenters. The minimum Gasteiger partial charge on any atom is -0.508 e. The fourth-order valence-electron chi connectivity index (χ4n) is 2.36. The van der Waals surface area contributed by atoms with Crippen LogP contribution in [0.5, 0.6) is 5.75 Å². The summed E-state index contributed by atoms with van der Waals surface area (Å²) in [5.41, 5.74) is 2.61. The van der Waals surface area contributed by atoms with Crippen molar-refractivity contribution in [3.05, 3.63) is 47.3 Å². The monoisotopic (exact) mass is 283 g/mol. The summed E-state index contributed by atoms with van der Waals surface area (Å²) in [6, 6.07) is 8.04. The van der Waals surface area contributed by atoms with E-state index in [1.165, 1.54) is 0 Å². The highest BCUT2D eigenvalue weighted by molar-refractivity contribution is 6.03. The summed E-state index contributed by atoms with van der Waals surface area (Å²) < 4.78 is 1.59. The Morgan fingerprint density at radius 1 is 1.19 bits per heavy atom. The number of nitrogens with zero attached hydrogens (tertiary/aromatic N) is 3. The summed E-state index contributed by atoms with van der Waals surface area (Å²) in [7, 11) is 0. The summed E-state index contributed by atoms with van der Waals surface area (Å²) in [5, 5.41) is 23.6. The molecule has 0 fully saturated rings. The van der Waals surface area contributed by atoms with E-state index in [1.54, 1.807) is 48.9 Å². The molecule has 2 aromatic heterocycles. The van der Waals surface area contributed by atoms with Gasteiger partial charge in [-0.15, -0.1) is 0 Å². The van der Waals surface area contributed by atoms with Crippen molar-refractivity contribution in [2.75, 3.05) is 0 Å². The van der Waals surface area contributed by atoms with Gasteiger partial charge < -0.3 is 10.2 Å². The lowest BCUT2D eigenvalue weighted by molar-refractivity contribution is 0.0698. The first kappa shape index (κ1) is 13.1. The number of hydrogen-bond acceptors (Lipinski definition) is 4. The first-order chi connectivity index (χ1) is 9.97. The molecular formula is C15H13N3O3. The number of carboxylic acids is 1. The first-order valence-electron chi connectivity index (χ1n) is 6.37. The van der Waals surface area contributed by atoms with Crippen molar-refractivity contribution in [3.8, 4) is 11.4 Å². The smallest absolute Gasteiger partial charge is 0.336 e. The number of aromatic carboxylic acids is 1. The number of pyridine rings is 1. The van der Waals surface area contributed by atoms with Crippen LogP contribution in [-0.4, -0.2) is 30.9 Å². The SMILES string of the molecule is Cc1cc(C(=O)O)c2c(C)nn(-c3ccc(O)cc3)c2n1. The molecule has 0 atom stereocenters. The third-order valence-corrected chi connectivity index (χ3v) is 3.27. The van der Waals surface area contributed by atoms with Gasteiger partial charge in [-0.25, -0.2) is 14.5 Å². The summed E-state index contributed by atoms with van der Waals surface area (Å²) in [6.07, 6.45) is 0. The molecule has 0 saturated carbocycles. The highest BCUT2D eigenvalue weighted by Gasteiger charge is 2.18. The number of aromatic nitrogens is 3. The molecule has 2 heterocycles. The number of carboxylic acid groups (broad SMARTS) is 1. The van der Waals surface area contributed by atoms with Gasteiger partial charge in [0.1, 0.15) is 5.75 Å². The second-order valence-corrected chi connectivity index (χ2v) is 4.83. The molecule has 0 aliphatic carbocycles. The Morgan fingerprint density at radius 2 is 1.86 bits per heavy atom. The minimum atomic E-state index is -1.00. The molecule has 0 amide bonds. The molecule has 3 aromatic rings. The number of fused-ring (bicyclic) bond motifs is 1. The van der Waals surface area contributed by atoms with Crippen molar-refractivity contribution < 1.29 is 15.0 Å². The fraction of sp³-hybridized carbons (Fsp3) is 0.133. The van der Waals surface area contributed by atoms with Gasteiger partial charge in [-0.2, -0.15) is 5.10 Å². The van der Waals surface area contributed by atoms with Crippen molar-refractivity contribution in [2.45, 2.75) is 13.8 Å². The highest BCUT2D eigenvalue weighted by Crippen LogP contribution is 2.25. The quantitative estimate of drug-likeness (QED) is 0.754. The standard InChI is InChI=1S/C15H13N3O3/c1-8-7-12(15(20)21)13-9(2)17-18(14(13)16-8)10-3-5-11(19)6-4-10/h3-7,19H,1-2H3,(H,20,21). The molecule has 21 heavy (non-hydrogen) atoms. The minimum absolute atomic E-state index is 0.155. The number of aromatic hydroxyl groups is 1. The Morgan fingerprint density at radius 3 is 2.48 bits per heavy atom. The van der Waals surface area contributed by atoms with Gasteiger partial charge in [-0.3, -0.25) is 0 Å². The molecule has 0 radical (unpaired) electrons. The summed E-state index contributed by atoms with van der Waals surface area (Å²) in [5.74, 6) is -0.846. The third-order valence-electron chi connectivity index (χ3n) is 3.27. The second kappa shape index (κ2) is 4.59. The molecule has 0 saturated heterocycles. The maximum absolute atomic E-state index is 11.4. The summed E-state index contributed by atoms with van der Waals surface area (Å²) in [6.45, 7) is 3.50. The third kappa shape index (κ3) is 2.10. The van der Waals surface area contributed by atoms with Crippen molar-refractivity contribution in [3.63, 3.8) is 0 Å². The molecule has 106 valence electrons. The van der Waals surface area contributed by atoms with Crippen LogP contribution in [0.2, 0.25) is 0 Å². The van der Waals surface area contributed by atoms with Crippen LogP contribution in [0.1, 0.15) is 21.7 Å². The zero-order chi connectivity index (χ0) is 15.1. The van der Waals surface area contributed by atoms with E-state index in [2.05, 4.69) is 10.1 Å². The molecule has 0 bridgehead atoms. The Bertz CT molecular complexity index is 851. The zero-order valence-corrected chi connectivity index (χ0v) is 11.5. The number of phenolic OH excluding ortho intramolecular Hbond substituents is 1. The van der Waals surface area contributed by atoms with Crippen molar-refractivity contribution >= 4 is 17.0 Å². The second-order valence-electron chi connectivity index (χ2n) is 4.83. The number of carbonyl (C=O) groups is 1. The first-order valence-corrected chi connectivity index (χ1v) is 6.37. The van der Waals surface area contributed by atoms with E-state index in [0.29, 0.717) is 28.1 Å². The maximum Gasteiger partial charge on any atom is 0.336 e. The van der Waals surface area contributed by atoms with Gasteiger partial charge in [0.15, 0.2) is 5.65 Å². The van der Waals surface area contributed by atoms with Gasteiger partial charge in [0.2, 0.25) is 0 Å². The normalized spacial score (nSPS) is 11.0. The van der Waals surface area contributed by atoms with Crippen LogP contribution in [0.4, 0.5) is 0 Å². The predicted octanol–water partition coefficient (Wildman–Crippen LogP) is 2.44. The van der Waals surface area contributed by atoms with E-state index in [9.17, 15) is 15.0 Å². The Hall–Kier alpha value is -2.89. The maximum atomic E-state index is 11.4. The molecule has 0 aliphatic rings. The van der Waals surface area contributed by atoms with E-state index >= 15 is 0 Å². The van der Waals surface area contributed by atoms with Gasteiger partial charge in [-0.05, 0) is 44.2 Å². The van der Waals surface area contributed by atoms with E-state index in [4.69, 9.17) is 0 Å². The van der Waals surface area contributed by atoms with Crippen molar-refractivity contribution in [1.82, 2.24) is 14.8 Å². The summed E-state index contributed by atoms with van der Waals surface area (Å²) in [4.78, 5) is 15.8. The van der Waals surface area contributed by atoms with Crippen molar-refractivity contribution in [1.29, 1.82) is 0 Å². The van der Waals surface area contributed by atoms with E-state index < -0.39 is 5.97 Å². The van der Waals surface area contributed by atoms with Crippen LogP contribution in [0.3, 0.4) is 0 Å². The number of hydrogen-bond donors (Lipinski definition) is 2. The number of benzene rings is 1. The van der Waals surface area contributed by atoms with Crippen LogP contribution in [0, 0.1) is 13.8 Å². The lowest BCUT2D eigenvalue weighted by atomic mass is 10.1. The van der Waals surface area contributed by atoms with E-state index in [0.717, 1.165) is 0 Å². The van der Waals surface area contributed by atoms with Gasteiger partial charge in [0, 0.05) is 5.69 Å². The topological polar surface area (TPSA) is 88.2 Å². The van der Waals surface area contributed by atoms with Gasteiger partial charge in [-0.1, -0.05) is 0 Å². The average Bonchev–Trinajstić information content (AvgIpc) is 2.76. The Balaban J connectivity index is 2.35. The van der Waals surface area contributed by atoms with Crippen LogP contribution in [0.25, 0.3) is 16.7 Å². The number of rotatable bonds is 2. The van der Waals surface area contributed by atoms with E-state index in [-0.39, 0.29) is 11.3 Å². The average molecular weight is 283 g/mol. The van der Waals surface area contributed by atoms with Gasteiger partial charge in [0.25, 0.3) is 0 Å². The largest absolute Gasteiger partial charge is 0.508 e. The highest BCUT2D eigenvalue weighted by atomic mass is 16.4. The number of aryl methyl sites for hydroxylation is 2. The van der Waals surface area contributed by atoms with Crippen molar-refractivity contribution in [2.24, 2.45) is 0 Å².